The summed E-state index contributed by atoms with van der Waals surface area (Å²) in [4.78, 5) is 25.1. The van der Waals surface area contributed by atoms with Gasteiger partial charge in [0.1, 0.15) is 23.6 Å². The van der Waals surface area contributed by atoms with E-state index in [9.17, 15) is 14.7 Å². The Morgan fingerprint density at radius 2 is 2.11 bits per heavy atom. The molecule has 3 aliphatic rings. The number of hydrogen-bond donors (Lipinski definition) is 1. The molecule has 0 radical (unpaired) electrons. The molecule has 6 nitrogen and oxygen atoms in total. The lowest BCUT2D eigenvalue weighted by molar-refractivity contribution is -0.202. The Kier molecular flexibility index (Phi) is 4.68. The Labute approximate surface area is 159 Å². The monoisotopic (exact) mass is 374 g/mol. The van der Waals surface area contributed by atoms with E-state index in [4.69, 9.17) is 14.2 Å². The number of Topliss-reactive ketones (excluding diaryl/α,β-unsaturated/α-hetero) is 1. The Morgan fingerprint density at radius 1 is 1.44 bits per heavy atom. The van der Waals surface area contributed by atoms with Crippen LogP contribution in [0.3, 0.4) is 0 Å². The quantitative estimate of drug-likeness (QED) is 0.455. The standard InChI is InChI=1S/C21H26O6/c1-7-11(2)19(23)26-16-9-20(6)17(22)10-21(24,27-20)12(3)8-15-18(16)13(4)14(5)25-15/h7-8,15-16,18,24H,4-5,9-10H2,1-3,6H3/b11-7+,12-8-/t15-,16-,18+,20+,21-/m1/s1. The van der Waals surface area contributed by atoms with Crippen LogP contribution in [0.5, 0.6) is 0 Å². The first-order valence-electron chi connectivity index (χ1n) is 9.04. The maximum absolute atomic E-state index is 12.7. The second-order valence-electron chi connectivity index (χ2n) is 7.74. The molecule has 0 aromatic rings. The summed E-state index contributed by atoms with van der Waals surface area (Å²) in [7, 11) is 0. The molecule has 3 rings (SSSR count). The van der Waals surface area contributed by atoms with Gasteiger partial charge in [0.25, 0.3) is 0 Å². The molecule has 0 aliphatic carbocycles. The van der Waals surface area contributed by atoms with Crippen molar-refractivity contribution in [2.45, 2.75) is 64.1 Å². The first kappa shape index (κ1) is 19.6. The van der Waals surface area contributed by atoms with E-state index >= 15 is 0 Å². The van der Waals surface area contributed by atoms with Crippen molar-refractivity contribution in [3.05, 3.63) is 47.8 Å². The van der Waals surface area contributed by atoms with E-state index in [1.54, 1.807) is 39.8 Å². The summed E-state index contributed by atoms with van der Waals surface area (Å²) in [5.41, 5.74) is 0.272. The van der Waals surface area contributed by atoms with Crippen molar-refractivity contribution in [2.24, 2.45) is 5.92 Å². The number of fused-ring (bicyclic) bond motifs is 3. The number of allylic oxidation sites excluding steroid dienone is 2. The summed E-state index contributed by atoms with van der Waals surface area (Å²) < 4.78 is 17.4. The third kappa shape index (κ3) is 3.17. The molecule has 0 aromatic carbocycles. The summed E-state index contributed by atoms with van der Waals surface area (Å²) in [6.07, 6.45) is 2.08. The highest BCUT2D eigenvalue weighted by molar-refractivity contribution is 5.90. The first-order valence-corrected chi connectivity index (χ1v) is 9.04. The maximum Gasteiger partial charge on any atom is 0.333 e. The van der Waals surface area contributed by atoms with Crippen molar-refractivity contribution in [3.8, 4) is 0 Å². The van der Waals surface area contributed by atoms with Gasteiger partial charge in [-0.3, -0.25) is 4.79 Å². The van der Waals surface area contributed by atoms with Crippen molar-refractivity contribution in [1.82, 2.24) is 0 Å². The highest BCUT2D eigenvalue weighted by atomic mass is 16.7. The third-order valence-corrected chi connectivity index (χ3v) is 5.81. The van der Waals surface area contributed by atoms with Crippen LogP contribution >= 0.6 is 0 Å². The van der Waals surface area contributed by atoms with Gasteiger partial charge >= 0.3 is 5.97 Å². The van der Waals surface area contributed by atoms with Gasteiger partial charge in [0.15, 0.2) is 11.6 Å². The van der Waals surface area contributed by atoms with Crippen molar-refractivity contribution in [2.75, 3.05) is 0 Å². The molecule has 27 heavy (non-hydrogen) atoms. The predicted molar refractivity (Wildman–Crippen MR) is 98.4 cm³/mol. The van der Waals surface area contributed by atoms with Gasteiger partial charge in [-0.1, -0.05) is 19.2 Å². The number of aliphatic hydroxyl groups is 1. The van der Waals surface area contributed by atoms with E-state index in [-0.39, 0.29) is 18.6 Å². The fourth-order valence-electron chi connectivity index (χ4n) is 3.87. The third-order valence-electron chi connectivity index (χ3n) is 5.81. The van der Waals surface area contributed by atoms with Gasteiger partial charge in [0.05, 0.1) is 12.3 Å². The van der Waals surface area contributed by atoms with Crippen molar-refractivity contribution >= 4 is 11.8 Å². The molecule has 3 aliphatic heterocycles. The molecule has 3 heterocycles. The molecular formula is C21H26O6. The van der Waals surface area contributed by atoms with Crippen LogP contribution in [0, 0.1) is 5.92 Å². The van der Waals surface area contributed by atoms with E-state index in [1.807, 2.05) is 0 Å². The molecular weight excluding hydrogens is 348 g/mol. The zero-order chi connectivity index (χ0) is 20.1. The average molecular weight is 374 g/mol. The second kappa shape index (κ2) is 6.46. The second-order valence-corrected chi connectivity index (χ2v) is 7.74. The zero-order valence-corrected chi connectivity index (χ0v) is 16.2. The zero-order valence-electron chi connectivity index (χ0n) is 16.2. The van der Waals surface area contributed by atoms with Crippen LogP contribution < -0.4 is 0 Å². The molecule has 1 N–H and O–H groups in total. The normalized spacial score (nSPS) is 41.1. The fourth-order valence-corrected chi connectivity index (χ4v) is 3.87. The minimum atomic E-state index is -1.69. The van der Waals surface area contributed by atoms with Crippen molar-refractivity contribution in [1.29, 1.82) is 0 Å². The molecule has 2 saturated heterocycles. The number of ether oxygens (including phenoxy) is 3. The Morgan fingerprint density at radius 3 is 2.74 bits per heavy atom. The number of esters is 1. The van der Waals surface area contributed by atoms with Gasteiger partial charge in [-0.15, -0.1) is 0 Å². The van der Waals surface area contributed by atoms with Crippen LogP contribution in [0.1, 0.15) is 40.5 Å². The summed E-state index contributed by atoms with van der Waals surface area (Å²) in [6.45, 7) is 14.6. The van der Waals surface area contributed by atoms with E-state index in [0.29, 0.717) is 22.5 Å². The molecule has 2 bridgehead atoms. The SMILES string of the molecule is C=C1O[C@@H]2/C=C(/C)[C@@]3(O)CC(=O)[C@](C)(C[C@@H](OC(=O)/C(C)=C/C)[C@H]2C1=C)O3. The molecule has 0 amide bonds. The number of rotatable bonds is 2. The molecule has 0 spiro atoms. The molecule has 6 heteroatoms. The van der Waals surface area contributed by atoms with Crippen molar-refractivity contribution in [3.63, 3.8) is 0 Å². The topological polar surface area (TPSA) is 82.1 Å². The van der Waals surface area contributed by atoms with Gasteiger partial charge in [-0.2, -0.15) is 0 Å². The van der Waals surface area contributed by atoms with Gasteiger partial charge < -0.3 is 19.3 Å². The minimum Gasteiger partial charge on any atom is -0.486 e. The summed E-state index contributed by atoms with van der Waals surface area (Å²) in [6, 6.07) is 0. The van der Waals surface area contributed by atoms with Crippen molar-refractivity contribution < 1.29 is 28.9 Å². The van der Waals surface area contributed by atoms with Crippen LogP contribution in [0.4, 0.5) is 0 Å². The average Bonchev–Trinajstić information content (AvgIpc) is 2.99. The highest BCUT2D eigenvalue weighted by Crippen LogP contribution is 2.47. The number of hydrogen-bond acceptors (Lipinski definition) is 6. The first-order chi connectivity index (χ1) is 12.5. The maximum atomic E-state index is 12.7. The fraction of sp³-hybridized carbons (Fsp3) is 0.524. The smallest absolute Gasteiger partial charge is 0.333 e. The van der Waals surface area contributed by atoms with E-state index < -0.39 is 35.5 Å². The summed E-state index contributed by atoms with van der Waals surface area (Å²) in [5, 5.41) is 10.9. The van der Waals surface area contributed by atoms with E-state index in [2.05, 4.69) is 13.2 Å². The van der Waals surface area contributed by atoms with Crippen LogP contribution in [-0.4, -0.2) is 40.5 Å². The largest absolute Gasteiger partial charge is 0.486 e. The summed E-state index contributed by atoms with van der Waals surface area (Å²) >= 11 is 0. The Bertz CT molecular complexity index is 790. The van der Waals surface area contributed by atoms with E-state index in [1.165, 1.54) is 0 Å². The molecule has 2 fully saturated rings. The van der Waals surface area contributed by atoms with Gasteiger partial charge in [-0.05, 0) is 44.9 Å². The Hall–Kier alpha value is -2.18. The lowest BCUT2D eigenvalue weighted by Crippen LogP contribution is -2.43. The van der Waals surface area contributed by atoms with Gasteiger partial charge in [-0.25, -0.2) is 4.79 Å². The van der Waals surface area contributed by atoms with Crippen LogP contribution in [-0.2, 0) is 23.8 Å². The number of carbonyl (C=O) groups is 2. The van der Waals surface area contributed by atoms with Gasteiger partial charge in [0, 0.05) is 12.0 Å². The van der Waals surface area contributed by atoms with Crippen LogP contribution in [0.25, 0.3) is 0 Å². The van der Waals surface area contributed by atoms with Crippen LogP contribution in [0.15, 0.2) is 47.8 Å². The molecule has 5 atom stereocenters. The Balaban J connectivity index is 2.08. The highest BCUT2D eigenvalue weighted by Gasteiger charge is 2.57. The van der Waals surface area contributed by atoms with Crippen LogP contribution in [0.2, 0.25) is 0 Å². The predicted octanol–water partition coefficient (Wildman–Crippen LogP) is 2.74. The van der Waals surface area contributed by atoms with E-state index in [0.717, 1.165) is 0 Å². The minimum absolute atomic E-state index is 0.0921. The lowest BCUT2D eigenvalue weighted by Gasteiger charge is -2.32. The van der Waals surface area contributed by atoms with Gasteiger partial charge in [0.2, 0.25) is 0 Å². The molecule has 146 valence electrons. The molecule has 0 unspecified atom stereocenters. The molecule has 0 aromatic heterocycles. The summed E-state index contributed by atoms with van der Waals surface area (Å²) in [5.74, 6) is -2.41. The lowest BCUT2D eigenvalue weighted by atomic mass is 9.81. The number of ketones is 1. The molecule has 0 saturated carbocycles. The number of carbonyl (C=O) groups excluding carboxylic acids is 2.